The molecule has 3 nitrogen and oxygen atoms in total. The molecule has 0 aromatic heterocycles. The molecule has 105 valence electrons. The highest BCUT2D eigenvalue weighted by atomic mass is 19.4. The van der Waals surface area contributed by atoms with E-state index in [1.807, 2.05) is 5.32 Å². The summed E-state index contributed by atoms with van der Waals surface area (Å²) in [6.07, 6.45) is -10.7. The van der Waals surface area contributed by atoms with Gasteiger partial charge >= 0.3 is 18.8 Å². The summed E-state index contributed by atoms with van der Waals surface area (Å²) in [5.74, 6) is 0. The van der Waals surface area contributed by atoms with E-state index in [-0.39, 0.29) is 5.69 Å². The van der Waals surface area contributed by atoms with E-state index in [4.69, 9.17) is 5.11 Å². The minimum absolute atomic E-state index is 0.0644. The molecule has 9 heteroatoms. The van der Waals surface area contributed by atoms with E-state index in [0.717, 1.165) is 12.1 Å². The quantitative estimate of drug-likeness (QED) is 0.662. The van der Waals surface area contributed by atoms with Crippen LogP contribution in [-0.4, -0.2) is 23.9 Å². The minimum Gasteiger partial charge on any atom is -0.369 e. The lowest BCUT2D eigenvalue weighted by Crippen LogP contribution is -2.53. The third kappa shape index (κ3) is 2.65. The number of amides is 1. The Morgan fingerprint density at radius 1 is 0.947 bits per heavy atom. The molecule has 1 aromatic carbocycles. The summed E-state index contributed by atoms with van der Waals surface area (Å²) in [5.41, 5.74) is -6.43. The van der Waals surface area contributed by atoms with Crippen LogP contribution in [0.25, 0.3) is 0 Å². The van der Waals surface area contributed by atoms with Gasteiger partial charge in [-0.2, -0.15) is 26.3 Å². The maximum absolute atomic E-state index is 12.5. The highest BCUT2D eigenvalue weighted by Crippen LogP contribution is 2.50. The zero-order valence-electron chi connectivity index (χ0n) is 8.93. The average Bonchev–Trinajstić information content (AvgIpc) is 2.26. The summed E-state index contributed by atoms with van der Waals surface area (Å²) in [6, 6.07) is 2.40. The summed E-state index contributed by atoms with van der Waals surface area (Å²) in [6.45, 7) is 0. The number of alkyl halides is 6. The number of benzene rings is 1. The van der Waals surface area contributed by atoms with Crippen molar-refractivity contribution in [3.63, 3.8) is 0 Å². The van der Waals surface area contributed by atoms with Crippen LogP contribution in [0.1, 0.15) is 5.56 Å². The van der Waals surface area contributed by atoms with Crippen molar-refractivity contribution < 1.29 is 36.2 Å². The lowest BCUT2D eigenvalue weighted by molar-refractivity contribution is -0.376. The van der Waals surface area contributed by atoms with Crippen molar-refractivity contribution >= 4 is 12.1 Å². The van der Waals surface area contributed by atoms with Crippen molar-refractivity contribution in [2.45, 2.75) is 18.0 Å². The van der Waals surface area contributed by atoms with Gasteiger partial charge in [-0.05, 0) is 12.1 Å². The van der Waals surface area contributed by atoms with E-state index in [9.17, 15) is 31.1 Å². The normalized spacial score (nSPS) is 13.2. The zero-order valence-corrected chi connectivity index (χ0v) is 8.93. The van der Waals surface area contributed by atoms with E-state index >= 15 is 0 Å². The minimum atomic E-state index is -5.93. The maximum atomic E-state index is 12.5. The molecular weight excluding hydrogens is 280 g/mol. The number of hydrogen-bond donors (Lipinski definition) is 2. The molecule has 0 saturated carbocycles. The van der Waals surface area contributed by atoms with Gasteiger partial charge in [0.15, 0.2) is 0 Å². The Bertz CT molecular complexity index is 437. The second-order valence-electron chi connectivity index (χ2n) is 3.51. The van der Waals surface area contributed by atoms with E-state index in [2.05, 4.69) is 0 Å². The van der Waals surface area contributed by atoms with Gasteiger partial charge in [-0.25, -0.2) is 0 Å². The fourth-order valence-electron chi connectivity index (χ4n) is 1.34. The molecule has 0 atom stereocenters. The molecule has 1 amide bonds. The number of anilines is 1. The van der Waals surface area contributed by atoms with Gasteiger partial charge in [0, 0.05) is 11.3 Å². The van der Waals surface area contributed by atoms with Crippen LogP contribution in [0.3, 0.4) is 0 Å². The van der Waals surface area contributed by atoms with Crippen molar-refractivity contribution in [1.29, 1.82) is 0 Å². The van der Waals surface area contributed by atoms with Crippen LogP contribution in [-0.2, 0) is 10.4 Å². The molecule has 1 rings (SSSR count). The van der Waals surface area contributed by atoms with E-state index in [1.54, 1.807) is 0 Å². The number of aliphatic hydroxyl groups is 1. The first-order valence-corrected chi connectivity index (χ1v) is 4.63. The number of rotatable bonds is 3. The summed E-state index contributed by atoms with van der Waals surface area (Å²) in [7, 11) is 0. The number of halogens is 6. The van der Waals surface area contributed by atoms with Crippen LogP contribution in [0, 0.1) is 0 Å². The lowest BCUT2D eigenvalue weighted by Gasteiger charge is -2.32. The monoisotopic (exact) mass is 286 g/mol. The topological polar surface area (TPSA) is 49.3 Å². The number of nitrogens with one attached hydrogen (secondary N) is 1. The Labute approximate surface area is 102 Å². The molecule has 0 fully saturated rings. The van der Waals surface area contributed by atoms with Crippen molar-refractivity contribution in [3.8, 4) is 0 Å². The van der Waals surface area contributed by atoms with Crippen molar-refractivity contribution in [2.75, 3.05) is 5.32 Å². The molecule has 0 saturated heterocycles. The highest BCUT2D eigenvalue weighted by Gasteiger charge is 2.71. The van der Waals surface area contributed by atoms with Gasteiger partial charge in [0.2, 0.25) is 0 Å². The molecule has 0 aliphatic heterocycles. The third-order valence-corrected chi connectivity index (χ3v) is 2.32. The van der Waals surface area contributed by atoms with Gasteiger partial charge in [-0.1, -0.05) is 12.1 Å². The first kappa shape index (κ1) is 15.3. The fourth-order valence-corrected chi connectivity index (χ4v) is 1.34. The second-order valence-corrected chi connectivity index (χ2v) is 3.51. The van der Waals surface area contributed by atoms with E-state index < -0.39 is 23.5 Å². The lowest BCUT2D eigenvalue weighted by atomic mass is 9.92. The van der Waals surface area contributed by atoms with Crippen molar-refractivity contribution in [3.05, 3.63) is 29.8 Å². The second kappa shape index (κ2) is 4.72. The standard InChI is InChI=1S/C10H6F6NO2/c11-9(12,13)8(19,10(14,15)16)6-1-3-7(4-2-6)17-5-18/h1-4,19H,(H,17,18). The summed E-state index contributed by atoms with van der Waals surface area (Å²) in [5, 5.41) is 10.9. The van der Waals surface area contributed by atoms with Crippen LogP contribution in [0.5, 0.6) is 0 Å². The summed E-state index contributed by atoms with van der Waals surface area (Å²) >= 11 is 0. The van der Waals surface area contributed by atoms with Crippen molar-refractivity contribution in [1.82, 2.24) is 0 Å². The Balaban J connectivity index is 3.31. The molecule has 0 aliphatic rings. The maximum Gasteiger partial charge on any atom is 0.430 e. The molecule has 0 bridgehead atoms. The van der Waals surface area contributed by atoms with Gasteiger partial charge in [0.1, 0.15) is 0 Å². The first-order chi connectivity index (χ1) is 8.54. The van der Waals surface area contributed by atoms with E-state index in [1.165, 1.54) is 6.41 Å². The van der Waals surface area contributed by atoms with Gasteiger partial charge < -0.3 is 10.4 Å². The largest absolute Gasteiger partial charge is 0.430 e. The molecular formula is C10H6F6NO2. The highest BCUT2D eigenvalue weighted by molar-refractivity contribution is 5.71. The van der Waals surface area contributed by atoms with Gasteiger partial charge in [0.05, 0.1) is 0 Å². The zero-order chi connectivity index (χ0) is 14.9. The van der Waals surface area contributed by atoms with Crippen LogP contribution in [0.15, 0.2) is 24.3 Å². The number of carbonyl (C=O) groups excluding carboxylic acids is 1. The SMILES string of the molecule is O=[C]Nc1ccc(C(O)(C(F)(F)F)C(F)(F)F)cc1. The Kier molecular flexibility index (Phi) is 3.80. The molecule has 19 heavy (non-hydrogen) atoms. The molecule has 0 spiro atoms. The first-order valence-electron chi connectivity index (χ1n) is 4.63. The Morgan fingerprint density at radius 2 is 1.37 bits per heavy atom. The van der Waals surface area contributed by atoms with Crippen LogP contribution >= 0.6 is 0 Å². The summed E-state index contributed by atoms with van der Waals surface area (Å²) in [4.78, 5) is 9.93. The molecule has 1 aromatic rings. The Hall–Kier alpha value is -1.77. The smallest absolute Gasteiger partial charge is 0.369 e. The Morgan fingerprint density at radius 3 is 1.68 bits per heavy atom. The average molecular weight is 286 g/mol. The molecule has 0 heterocycles. The predicted molar refractivity (Wildman–Crippen MR) is 51.8 cm³/mol. The van der Waals surface area contributed by atoms with Gasteiger partial charge in [-0.3, -0.25) is 4.79 Å². The molecule has 2 N–H and O–H groups in total. The molecule has 0 unspecified atom stereocenters. The molecule has 0 aliphatic carbocycles. The fraction of sp³-hybridized carbons (Fsp3) is 0.300. The predicted octanol–water partition coefficient (Wildman–Crippen LogP) is 2.48. The number of hydrogen-bond acceptors (Lipinski definition) is 2. The van der Waals surface area contributed by atoms with Crippen LogP contribution < -0.4 is 5.32 Å². The van der Waals surface area contributed by atoms with Gasteiger partial charge in [-0.15, -0.1) is 0 Å². The third-order valence-electron chi connectivity index (χ3n) is 2.32. The van der Waals surface area contributed by atoms with Gasteiger partial charge in [0.25, 0.3) is 5.60 Å². The van der Waals surface area contributed by atoms with E-state index in [0.29, 0.717) is 12.1 Å². The van der Waals surface area contributed by atoms with Crippen LogP contribution in [0.4, 0.5) is 32.0 Å². The molecule has 1 radical (unpaired) electrons. The van der Waals surface area contributed by atoms with Crippen molar-refractivity contribution in [2.24, 2.45) is 0 Å². The summed E-state index contributed by atoms with van der Waals surface area (Å²) < 4.78 is 74.9. The van der Waals surface area contributed by atoms with Crippen LogP contribution in [0.2, 0.25) is 0 Å².